The smallest absolute Gasteiger partial charge is 0.0524 e. The summed E-state index contributed by atoms with van der Waals surface area (Å²) in [6.45, 7) is 4.13. The first-order valence-corrected chi connectivity index (χ1v) is 5.87. The highest BCUT2D eigenvalue weighted by Gasteiger charge is 2.11. The number of hydrogen-bond acceptors (Lipinski definition) is 1. The second kappa shape index (κ2) is 4.11. The Morgan fingerprint density at radius 2 is 2.12 bits per heavy atom. The molecule has 16 heavy (non-hydrogen) atoms. The number of nitrogens with zero attached hydrogens (tertiary/aromatic N) is 1. The van der Waals surface area contributed by atoms with E-state index in [-0.39, 0.29) is 6.04 Å². The van der Waals surface area contributed by atoms with Crippen LogP contribution in [0.25, 0.3) is 10.9 Å². The molecule has 0 aliphatic heterocycles. The van der Waals surface area contributed by atoms with Crippen molar-refractivity contribution in [2.24, 2.45) is 12.8 Å². The lowest BCUT2D eigenvalue weighted by Crippen LogP contribution is -2.19. The molecule has 0 spiro atoms. The Morgan fingerprint density at radius 3 is 2.69 bits per heavy atom. The van der Waals surface area contributed by atoms with Gasteiger partial charge in [0.2, 0.25) is 0 Å². The highest BCUT2D eigenvalue weighted by Crippen LogP contribution is 2.29. The predicted molar refractivity (Wildman–Crippen MR) is 70.0 cm³/mol. The highest BCUT2D eigenvalue weighted by molar-refractivity contribution is 6.35. The molecule has 0 radical (unpaired) electrons. The third-order valence-corrected chi connectivity index (χ3v) is 3.30. The quantitative estimate of drug-likeness (QED) is 0.854. The number of nitrogens with two attached hydrogens (primary N) is 1. The van der Waals surface area contributed by atoms with Gasteiger partial charge >= 0.3 is 0 Å². The van der Waals surface area contributed by atoms with E-state index < -0.39 is 0 Å². The summed E-state index contributed by atoms with van der Waals surface area (Å²) in [7, 11) is 2.07. The molecule has 0 fully saturated rings. The molecule has 1 aromatic heterocycles. The molecule has 2 nitrogen and oxygen atoms in total. The van der Waals surface area contributed by atoms with Gasteiger partial charge in [-0.3, -0.25) is 0 Å². The van der Waals surface area contributed by atoms with Crippen LogP contribution < -0.4 is 5.73 Å². The minimum atomic E-state index is 0.169. The molecule has 0 amide bonds. The maximum Gasteiger partial charge on any atom is 0.0524 e. The van der Waals surface area contributed by atoms with E-state index in [2.05, 4.69) is 30.7 Å². The molecule has 86 valence electrons. The van der Waals surface area contributed by atoms with Crippen LogP contribution in [0.5, 0.6) is 0 Å². The summed E-state index contributed by atoms with van der Waals surface area (Å²) in [6, 6.07) is 6.32. The van der Waals surface area contributed by atoms with Crippen LogP contribution in [0, 0.1) is 6.92 Å². The molecule has 1 heterocycles. The van der Waals surface area contributed by atoms with E-state index >= 15 is 0 Å². The Kier molecular flexibility index (Phi) is 2.96. The Balaban J connectivity index is 2.67. The number of benzene rings is 1. The Hall–Kier alpha value is -0.990. The summed E-state index contributed by atoms with van der Waals surface area (Å²) < 4.78 is 2.19. The Labute approximate surface area is 101 Å². The molecule has 2 aromatic rings. The fraction of sp³-hybridized carbons (Fsp3) is 0.385. The van der Waals surface area contributed by atoms with Gasteiger partial charge in [0, 0.05) is 35.6 Å². The van der Waals surface area contributed by atoms with Gasteiger partial charge in [0.05, 0.1) is 5.52 Å². The first-order valence-electron chi connectivity index (χ1n) is 5.49. The topological polar surface area (TPSA) is 30.9 Å². The van der Waals surface area contributed by atoms with Gasteiger partial charge < -0.3 is 10.3 Å². The number of aryl methyl sites for hydroxylation is 2. The molecule has 0 aliphatic rings. The molecule has 3 heteroatoms. The van der Waals surface area contributed by atoms with Gasteiger partial charge in [-0.25, -0.2) is 0 Å². The molecular weight excluding hydrogens is 220 g/mol. The molecule has 1 unspecified atom stereocenters. The van der Waals surface area contributed by atoms with Crippen molar-refractivity contribution in [1.29, 1.82) is 0 Å². The third-order valence-electron chi connectivity index (χ3n) is 2.97. The Bertz CT molecular complexity index is 526. The van der Waals surface area contributed by atoms with E-state index in [1.54, 1.807) is 0 Å². The lowest BCUT2D eigenvalue weighted by atomic mass is 10.1. The van der Waals surface area contributed by atoms with Gasteiger partial charge in [0.1, 0.15) is 0 Å². The average Bonchev–Trinajstić information content (AvgIpc) is 2.51. The first-order chi connectivity index (χ1) is 7.50. The average molecular weight is 237 g/mol. The number of aromatic nitrogens is 1. The molecule has 0 aliphatic carbocycles. The predicted octanol–water partition coefficient (Wildman–Crippen LogP) is 3.03. The molecule has 1 aromatic carbocycles. The van der Waals surface area contributed by atoms with Crippen molar-refractivity contribution in [3.8, 4) is 0 Å². The normalized spacial score (nSPS) is 13.3. The van der Waals surface area contributed by atoms with E-state index in [0.29, 0.717) is 0 Å². The SMILES string of the molecule is Cc1ccc(Cl)c2cc(CC(C)N)n(C)c12. The van der Waals surface area contributed by atoms with Crippen molar-refractivity contribution < 1.29 is 0 Å². The van der Waals surface area contributed by atoms with Crippen molar-refractivity contribution in [1.82, 2.24) is 4.57 Å². The second-order valence-corrected chi connectivity index (χ2v) is 4.91. The summed E-state index contributed by atoms with van der Waals surface area (Å²) in [5, 5.41) is 1.94. The van der Waals surface area contributed by atoms with Crippen molar-refractivity contribution in [3.63, 3.8) is 0 Å². The van der Waals surface area contributed by atoms with Crippen molar-refractivity contribution in [2.45, 2.75) is 26.3 Å². The number of fused-ring (bicyclic) bond motifs is 1. The van der Waals surface area contributed by atoms with E-state index in [0.717, 1.165) is 16.8 Å². The lowest BCUT2D eigenvalue weighted by molar-refractivity contribution is 0.696. The zero-order chi connectivity index (χ0) is 11.9. The Morgan fingerprint density at radius 1 is 1.44 bits per heavy atom. The zero-order valence-electron chi connectivity index (χ0n) is 9.92. The molecular formula is C13H17ClN2. The molecule has 1 atom stereocenters. The highest BCUT2D eigenvalue weighted by atomic mass is 35.5. The van der Waals surface area contributed by atoms with E-state index in [1.165, 1.54) is 16.8 Å². The van der Waals surface area contributed by atoms with Crippen LogP contribution >= 0.6 is 11.6 Å². The summed E-state index contributed by atoms with van der Waals surface area (Å²) in [4.78, 5) is 0. The first kappa shape index (κ1) is 11.5. The maximum atomic E-state index is 6.21. The van der Waals surface area contributed by atoms with Gasteiger partial charge in [0.15, 0.2) is 0 Å². The second-order valence-electron chi connectivity index (χ2n) is 4.50. The van der Waals surface area contributed by atoms with E-state index in [1.807, 2.05) is 13.0 Å². The van der Waals surface area contributed by atoms with E-state index in [9.17, 15) is 0 Å². The van der Waals surface area contributed by atoms with Crippen LogP contribution in [0.1, 0.15) is 18.2 Å². The minimum Gasteiger partial charge on any atom is -0.347 e. The molecule has 0 bridgehead atoms. The number of rotatable bonds is 2. The molecule has 2 rings (SSSR count). The summed E-state index contributed by atoms with van der Waals surface area (Å²) in [6.07, 6.45) is 0.876. The zero-order valence-corrected chi connectivity index (χ0v) is 10.7. The molecule has 0 saturated carbocycles. The fourth-order valence-electron chi connectivity index (χ4n) is 2.21. The molecule has 2 N–H and O–H groups in total. The number of halogens is 1. The van der Waals surface area contributed by atoms with Gasteiger partial charge in [-0.1, -0.05) is 17.7 Å². The van der Waals surface area contributed by atoms with Crippen LogP contribution in [-0.4, -0.2) is 10.6 Å². The van der Waals surface area contributed by atoms with Crippen LogP contribution in [-0.2, 0) is 13.5 Å². The van der Waals surface area contributed by atoms with Gasteiger partial charge in [0.25, 0.3) is 0 Å². The van der Waals surface area contributed by atoms with Gasteiger partial charge in [-0.05, 0) is 31.5 Å². The van der Waals surface area contributed by atoms with E-state index in [4.69, 9.17) is 17.3 Å². The standard InChI is InChI=1S/C13H17ClN2/c1-8-4-5-12(14)11-7-10(6-9(2)15)16(3)13(8)11/h4-5,7,9H,6,15H2,1-3H3. The van der Waals surface area contributed by atoms with Crippen molar-refractivity contribution >= 4 is 22.5 Å². The monoisotopic (exact) mass is 236 g/mol. The molecule has 0 saturated heterocycles. The largest absolute Gasteiger partial charge is 0.347 e. The summed E-state index contributed by atoms with van der Waals surface area (Å²) in [5.74, 6) is 0. The number of hydrogen-bond donors (Lipinski definition) is 1. The van der Waals surface area contributed by atoms with Crippen LogP contribution in [0.2, 0.25) is 5.02 Å². The van der Waals surface area contributed by atoms with Crippen LogP contribution in [0.4, 0.5) is 0 Å². The van der Waals surface area contributed by atoms with Crippen LogP contribution in [0.15, 0.2) is 18.2 Å². The van der Waals surface area contributed by atoms with Crippen LogP contribution in [0.3, 0.4) is 0 Å². The van der Waals surface area contributed by atoms with Crippen molar-refractivity contribution in [3.05, 3.63) is 34.5 Å². The third kappa shape index (κ3) is 1.83. The van der Waals surface area contributed by atoms with Gasteiger partial charge in [-0.15, -0.1) is 0 Å². The summed E-state index contributed by atoms with van der Waals surface area (Å²) >= 11 is 6.21. The summed E-state index contributed by atoms with van der Waals surface area (Å²) in [5.41, 5.74) is 9.54. The fourth-order valence-corrected chi connectivity index (χ4v) is 2.41. The maximum absolute atomic E-state index is 6.21. The minimum absolute atomic E-state index is 0.169. The lowest BCUT2D eigenvalue weighted by Gasteiger charge is -2.08. The van der Waals surface area contributed by atoms with Crippen molar-refractivity contribution in [2.75, 3.05) is 0 Å². The van der Waals surface area contributed by atoms with Gasteiger partial charge in [-0.2, -0.15) is 0 Å².